The fraction of sp³-hybridized carbons (Fsp3) is 0.600. The van der Waals surface area contributed by atoms with Gasteiger partial charge in [0.15, 0.2) is 0 Å². The Hall–Kier alpha value is -1.40. The number of carbonyl (C=O) groups excluding carboxylic acids is 1. The largest absolute Gasteiger partial charge is 0.478 e. The lowest BCUT2D eigenvalue weighted by atomic mass is 9.95. The molecule has 5 nitrogen and oxygen atoms in total. The molecule has 114 valence electrons. The number of carboxylic acids is 1. The van der Waals surface area contributed by atoms with Crippen LogP contribution < -0.4 is 5.32 Å². The zero-order valence-corrected chi connectivity index (χ0v) is 12.8. The molecule has 1 fully saturated rings. The number of hydrogen-bond acceptors (Lipinski definition) is 4. The van der Waals surface area contributed by atoms with Gasteiger partial charge in [0, 0.05) is 4.88 Å². The number of ether oxygens (including phenoxy) is 1. The summed E-state index contributed by atoms with van der Waals surface area (Å²) in [6.45, 7) is 1.94. The Morgan fingerprint density at radius 2 is 2.05 bits per heavy atom. The minimum Gasteiger partial charge on any atom is -0.478 e. The number of carbonyl (C=O) groups is 2. The fourth-order valence-corrected chi connectivity index (χ4v) is 4.35. The Morgan fingerprint density at radius 1 is 1.29 bits per heavy atom. The van der Waals surface area contributed by atoms with Crippen molar-refractivity contribution in [3.05, 3.63) is 16.0 Å². The maximum atomic E-state index is 12.2. The molecule has 0 bridgehead atoms. The van der Waals surface area contributed by atoms with E-state index in [4.69, 9.17) is 4.74 Å². The molecule has 1 aromatic rings. The second-order valence-corrected chi connectivity index (χ2v) is 6.83. The number of thiophene rings is 1. The van der Waals surface area contributed by atoms with Crippen LogP contribution >= 0.6 is 11.3 Å². The van der Waals surface area contributed by atoms with Crippen molar-refractivity contribution >= 4 is 28.2 Å². The van der Waals surface area contributed by atoms with Gasteiger partial charge in [-0.2, -0.15) is 0 Å². The monoisotopic (exact) mass is 309 g/mol. The van der Waals surface area contributed by atoms with Crippen LogP contribution in [0.4, 0.5) is 5.00 Å². The molecule has 1 aliphatic carbocycles. The minimum absolute atomic E-state index is 0.0937. The third-order valence-corrected chi connectivity index (χ3v) is 5.35. The van der Waals surface area contributed by atoms with Crippen molar-refractivity contribution in [3.63, 3.8) is 0 Å². The Kier molecular flexibility index (Phi) is 3.99. The summed E-state index contributed by atoms with van der Waals surface area (Å²) in [6, 6.07) is 0. The molecule has 0 radical (unpaired) electrons. The van der Waals surface area contributed by atoms with Gasteiger partial charge in [0.1, 0.15) is 11.1 Å². The number of rotatable bonds is 3. The van der Waals surface area contributed by atoms with Gasteiger partial charge >= 0.3 is 5.97 Å². The molecule has 1 amide bonds. The van der Waals surface area contributed by atoms with Gasteiger partial charge in [-0.1, -0.05) is 0 Å². The molecule has 2 aliphatic rings. The number of amides is 1. The van der Waals surface area contributed by atoms with Crippen molar-refractivity contribution in [2.45, 2.75) is 57.7 Å². The third kappa shape index (κ3) is 2.82. The van der Waals surface area contributed by atoms with Gasteiger partial charge in [0.05, 0.1) is 11.7 Å². The van der Waals surface area contributed by atoms with Gasteiger partial charge in [-0.05, 0) is 51.0 Å². The average molecular weight is 309 g/mol. The maximum absolute atomic E-state index is 12.2. The summed E-state index contributed by atoms with van der Waals surface area (Å²) in [5.74, 6) is -1.18. The van der Waals surface area contributed by atoms with E-state index in [1.807, 2.05) is 6.92 Å². The highest BCUT2D eigenvalue weighted by atomic mass is 32.1. The maximum Gasteiger partial charge on any atom is 0.339 e. The van der Waals surface area contributed by atoms with E-state index in [9.17, 15) is 14.7 Å². The first-order valence-corrected chi connectivity index (χ1v) is 8.22. The van der Waals surface area contributed by atoms with Crippen molar-refractivity contribution in [1.29, 1.82) is 0 Å². The van der Waals surface area contributed by atoms with Gasteiger partial charge in [-0.15, -0.1) is 11.3 Å². The molecule has 2 N–H and O–H groups in total. The van der Waals surface area contributed by atoms with Gasteiger partial charge < -0.3 is 15.2 Å². The SMILES string of the molecule is CC1CCC(C(=O)Nc2sc3c(c2C(=O)O)CCCC3)O1. The highest BCUT2D eigenvalue weighted by Crippen LogP contribution is 2.38. The number of hydrogen-bond donors (Lipinski definition) is 2. The van der Waals surface area contributed by atoms with E-state index >= 15 is 0 Å². The van der Waals surface area contributed by atoms with Crippen LogP contribution in [0.2, 0.25) is 0 Å². The van der Waals surface area contributed by atoms with Gasteiger partial charge in [0.2, 0.25) is 0 Å². The Bertz CT molecular complexity index is 580. The van der Waals surface area contributed by atoms with Crippen molar-refractivity contribution in [1.82, 2.24) is 0 Å². The summed E-state index contributed by atoms with van der Waals surface area (Å²) in [6.07, 6.45) is 5.00. The molecule has 2 heterocycles. The van der Waals surface area contributed by atoms with Crippen LogP contribution in [0.15, 0.2) is 0 Å². The first kappa shape index (κ1) is 14.5. The normalized spacial score (nSPS) is 24.6. The van der Waals surface area contributed by atoms with E-state index < -0.39 is 12.1 Å². The van der Waals surface area contributed by atoms with Crippen LogP contribution in [0.1, 0.15) is 53.4 Å². The van der Waals surface area contributed by atoms with E-state index in [1.54, 1.807) is 0 Å². The predicted molar refractivity (Wildman–Crippen MR) is 80.1 cm³/mol. The number of fused-ring (bicyclic) bond motifs is 1. The van der Waals surface area contributed by atoms with Gasteiger partial charge in [-0.3, -0.25) is 4.79 Å². The number of anilines is 1. The molecule has 1 aromatic heterocycles. The van der Waals surface area contributed by atoms with Crippen molar-refractivity contribution in [3.8, 4) is 0 Å². The molecule has 0 spiro atoms. The Morgan fingerprint density at radius 3 is 2.71 bits per heavy atom. The second-order valence-electron chi connectivity index (χ2n) is 5.72. The van der Waals surface area contributed by atoms with Crippen molar-refractivity contribution in [2.24, 2.45) is 0 Å². The molecule has 2 atom stereocenters. The lowest BCUT2D eigenvalue weighted by Gasteiger charge is -2.12. The van der Waals surface area contributed by atoms with E-state index in [-0.39, 0.29) is 17.6 Å². The molecule has 21 heavy (non-hydrogen) atoms. The number of aromatic carboxylic acids is 1. The van der Waals surface area contributed by atoms with Gasteiger partial charge in [-0.25, -0.2) is 4.79 Å². The van der Waals surface area contributed by atoms with E-state index in [0.717, 1.165) is 42.5 Å². The Labute approximate surface area is 127 Å². The molecular weight excluding hydrogens is 290 g/mol. The number of nitrogens with one attached hydrogen (secondary N) is 1. The molecule has 1 saturated heterocycles. The van der Waals surface area contributed by atoms with Crippen LogP contribution in [0.5, 0.6) is 0 Å². The summed E-state index contributed by atoms with van der Waals surface area (Å²) >= 11 is 1.41. The molecule has 6 heteroatoms. The second kappa shape index (κ2) is 5.77. The first-order valence-electron chi connectivity index (χ1n) is 7.40. The predicted octanol–water partition coefficient (Wildman–Crippen LogP) is 2.83. The standard InChI is InChI=1S/C15H19NO4S/c1-8-6-7-10(20-8)13(17)16-14-12(15(18)19)9-4-2-3-5-11(9)21-14/h8,10H,2-7H2,1H3,(H,16,17)(H,18,19). The lowest BCUT2D eigenvalue weighted by molar-refractivity contribution is -0.126. The highest BCUT2D eigenvalue weighted by molar-refractivity contribution is 7.17. The van der Waals surface area contributed by atoms with Gasteiger partial charge in [0.25, 0.3) is 5.91 Å². The summed E-state index contributed by atoms with van der Waals surface area (Å²) < 4.78 is 5.54. The fourth-order valence-electron chi connectivity index (χ4n) is 3.07. The summed E-state index contributed by atoms with van der Waals surface area (Å²) in [7, 11) is 0. The zero-order valence-electron chi connectivity index (χ0n) is 12.0. The lowest BCUT2D eigenvalue weighted by Crippen LogP contribution is -2.28. The third-order valence-electron chi connectivity index (χ3n) is 4.15. The average Bonchev–Trinajstić information content (AvgIpc) is 3.01. The van der Waals surface area contributed by atoms with Crippen molar-refractivity contribution in [2.75, 3.05) is 5.32 Å². The van der Waals surface area contributed by atoms with Crippen LogP contribution in [0.25, 0.3) is 0 Å². The number of aryl methyl sites for hydroxylation is 1. The van der Waals surface area contributed by atoms with Crippen LogP contribution in [0.3, 0.4) is 0 Å². The summed E-state index contributed by atoms with van der Waals surface area (Å²) in [5.41, 5.74) is 1.20. The first-order chi connectivity index (χ1) is 10.1. The number of carboxylic acid groups (broad SMARTS) is 1. The van der Waals surface area contributed by atoms with Crippen LogP contribution in [-0.4, -0.2) is 29.2 Å². The summed E-state index contributed by atoms with van der Waals surface area (Å²) in [4.78, 5) is 24.9. The summed E-state index contributed by atoms with van der Waals surface area (Å²) in [5, 5.41) is 12.7. The molecule has 2 unspecified atom stereocenters. The molecule has 0 saturated carbocycles. The van der Waals surface area contributed by atoms with Crippen LogP contribution in [0, 0.1) is 0 Å². The quantitative estimate of drug-likeness (QED) is 0.900. The molecule has 3 rings (SSSR count). The minimum atomic E-state index is -0.953. The van der Waals surface area contributed by atoms with E-state index in [1.165, 1.54) is 11.3 Å². The Balaban J connectivity index is 1.83. The highest BCUT2D eigenvalue weighted by Gasteiger charge is 2.31. The zero-order chi connectivity index (χ0) is 15.0. The van der Waals surface area contributed by atoms with E-state index in [2.05, 4.69) is 5.32 Å². The molecule has 1 aliphatic heterocycles. The topological polar surface area (TPSA) is 75.6 Å². The smallest absolute Gasteiger partial charge is 0.339 e. The van der Waals surface area contributed by atoms with Crippen molar-refractivity contribution < 1.29 is 19.4 Å². The molecule has 0 aromatic carbocycles. The van der Waals surface area contributed by atoms with Crippen LogP contribution in [-0.2, 0) is 22.4 Å². The molecular formula is C15H19NO4S. The van der Waals surface area contributed by atoms with E-state index in [0.29, 0.717) is 11.4 Å².